The highest BCUT2D eigenvalue weighted by atomic mass is 35.5. The Kier molecular flexibility index (Phi) is 4.98. The van der Waals surface area contributed by atoms with Gasteiger partial charge >= 0.3 is 0 Å². The first-order valence-electron chi connectivity index (χ1n) is 6.17. The second-order valence-electron chi connectivity index (χ2n) is 4.33. The van der Waals surface area contributed by atoms with Crippen LogP contribution in [0.4, 0.5) is 10.1 Å². The number of hydrogen-bond acceptors (Lipinski definition) is 3. The smallest absolute Gasteiger partial charge is 0.146 e. The molecule has 0 aromatic heterocycles. The van der Waals surface area contributed by atoms with E-state index in [4.69, 9.17) is 34.3 Å². The van der Waals surface area contributed by atoms with Crippen molar-refractivity contribution in [3.05, 3.63) is 58.4 Å². The molecule has 0 radical (unpaired) electrons. The Bertz CT molecular complexity index is 679. The van der Waals surface area contributed by atoms with Crippen LogP contribution < -0.4 is 15.8 Å². The second-order valence-corrected chi connectivity index (χ2v) is 5.18. The Morgan fingerprint density at radius 2 is 2.14 bits per heavy atom. The monoisotopic (exact) mass is 324 g/mol. The van der Waals surface area contributed by atoms with Gasteiger partial charge in [0.2, 0.25) is 0 Å². The normalized spacial score (nSPS) is 10.2. The molecule has 0 saturated carbocycles. The summed E-state index contributed by atoms with van der Waals surface area (Å²) in [4.78, 5) is 0.160. The van der Waals surface area contributed by atoms with Crippen LogP contribution >= 0.6 is 23.8 Å². The largest absolute Gasteiger partial charge is 0.496 e. The van der Waals surface area contributed by atoms with Gasteiger partial charge in [0, 0.05) is 22.7 Å². The molecule has 0 bridgehead atoms. The third-order valence-electron chi connectivity index (χ3n) is 3.01. The molecule has 0 atom stereocenters. The summed E-state index contributed by atoms with van der Waals surface area (Å²) in [5.74, 6) is 0.224. The summed E-state index contributed by atoms with van der Waals surface area (Å²) in [5, 5.41) is 3.54. The maximum Gasteiger partial charge on any atom is 0.146 e. The lowest BCUT2D eigenvalue weighted by atomic mass is 10.1. The van der Waals surface area contributed by atoms with Crippen LogP contribution in [0.5, 0.6) is 5.75 Å². The number of anilines is 1. The molecule has 2 aromatic carbocycles. The lowest BCUT2D eigenvalue weighted by Crippen LogP contribution is -2.10. The number of methoxy groups -OCH3 is 1. The molecule has 3 N–H and O–H groups in total. The molecule has 21 heavy (non-hydrogen) atoms. The molecule has 3 nitrogen and oxygen atoms in total. The number of hydrogen-bond donors (Lipinski definition) is 2. The highest BCUT2D eigenvalue weighted by Crippen LogP contribution is 2.27. The zero-order valence-electron chi connectivity index (χ0n) is 11.3. The maximum atomic E-state index is 14.0. The first-order valence-corrected chi connectivity index (χ1v) is 6.96. The standard InChI is InChI=1S/C15H14ClFN2OS/c1-20-14-4-2-3-11(16)10(14)8-19-13-6-5-9(15(18)21)7-12(13)17/h2-7,19H,8H2,1H3,(H2,18,21). The highest BCUT2D eigenvalue weighted by molar-refractivity contribution is 7.80. The van der Waals surface area contributed by atoms with Crippen molar-refractivity contribution in [2.24, 2.45) is 5.73 Å². The Morgan fingerprint density at radius 3 is 2.76 bits per heavy atom. The van der Waals surface area contributed by atoms with E-state index in [0.29, 0.717) is 28.6 Å². The van der Waals surface area contributed by atoms with Gasteiger partial charge in [0.1, 0.15) is 16.6 Å². The summed E-state index contributed by atoms with van der Waals surface area (Å²) in [6.07, 6.45) is 0. The lowest BCUT2D eigenvalue weighted by Gasteiger charge is -2.13. The van der Waals surface area contributed by atoms with Gasteiger partial charge < -0.3 is 15.8 Å². The molecule has 0 heterocycles. The quantitative estimate of drug-likeness (QED) is 0.823. The molecule has 2 rings (SSSR count). The Labute approximate surface area is 132 Å². The molecule has 0 aliphatic rings. The topological polar surface area (TPSA) is 47.3 Å². The first kappa shape index (κ1) is 15.5. The van der Waals surface area contributed by atoms with Gasteiger partial charge in [0.05, 0.1) is 12.8 Å². The molecule has 2 aromatic rings. The van der Waals surface area contributed by atoms with Crippen LogP contribution in [-0.2, 0) is 6.54 Å². The fourth-order valence-electron chi connectivity index (χ4n) is 1.90. The predicted molar refractivity (Wildman–Crippen MR) is 87.6 cm³/mol. The number of ether oxygens (including phenoxy) is 1. The number of rotatable bonds is 5. The highest BCUT2D eigenvalue weighted by Gasteiger charge is 2.09. The Morgan fingerprint density at radius 1 is 1.38 bits per heavy atom. The molecular formula is C15H14ClFN2OS. The van der Waals surface area contributed by atoms with E-state index in [2.05, 4.69) is 5.32 Å². The summed E-state index contributed by atoms with van der Waals surface area (Å²) in [5.41, 5.74) is 7.06. The molecule has 0 fully saturated rings. The van der Waals surface area contributed by atoms with E-state index in [9.17, 15) is 4.39 Å². The third-order valence-corrected chi connectivity index (χ3v) is 3.59. The van der Waals surface area contributed by atoms with Crippen LogP contribution in [0.25, 0.3) is 0 Å². The molecule has 0 amide bonds. The van der Waals surface area contributed by atoms with Gasteiger partial charge in [-0.15, -0.1) is 0 Å². The van der Waals surface area contributed by atoms with Crippen molar-refractivity contribution in [3.8, 4) is 5.75 Å². The van der Waals surface area contributed by atoms with E-state index < -0.39 is 5.82 Å². The van der Waals surface area contributed by atoms with Crippen molar-refractivity contribution in [3.63, 3.8) is 0 Å². The van der Waals surface area contributed by atoms with Gasteiger partial charge in [0.25, 0.3) is 0 Å². The third kappa shape index (κ3) is 3.62. The van der Waals surface area contributed by atoms with Crippen LogP contribution in [0.3, 0.4) is 0 Å². The summed E-state index contributed by atoms with van der Waals surface area (Å²) in [6.45, 7) is 0.339. The molecule has 0 spiro atoms. The van der Waals surface area contributed by atoms with Crippen LogP contribution in [-0.4, -0.2) is 12.1 Å². The average Bonchev–Trinajstić information content (AvgIpc) is 2.46. The Hall–Kier alpha value is -1.85. The van der Waals surface area contributed by atoms with Crippen LogP contribution in [0.15, 0.2) is 36.4 Å². The number of thiocarbonyl (C=S) groups is 1. The van der Waals surface area contributed by atoms with Crippen molar-refractivity contribution in [2.75, 3.05) is 12.4 Å². The number of nitrogens with two attached hydrogens (primary N) is 1. The zero-order valence-corrected chi connectivity index (χ0v) is 12.9. The van der Waals surface area contributed by atoms with Crippen molar-refractivity contribution in [2.45, 2.75) is 6.54 Å². The number of benzene rings is 2. The fourth-order valence-corrected chi connectivity index (χ4v) is 2.26. The Balaban J connectivity index is 2.19. The van der Waals surface area contributed by atoms with Crippen molar-refractivity contribution >= 4 is 34.5 Å². The van der Waals surface area contributed by atoms with E-state index in [0.717, 1.165) is 5.56 Å². The minimum atomic E-state index is -0.425. The van der Waals surface area contributed by atoms with Crippen molar-refractivity contribution in [1.82, 2.24) is 0 Å². The average molecular weight is 325 g/mol. The molecule has 0 aliphatic heterocycles. The summed E-state index contributed by atoms with van der Waals surface area (Å²) in [7, 11) is 1.56. The molecular weight excluding hydrogens is 311 g/mol. The summed E-state index contributed by atoms with van der Waals surface area (Å²) >= 11 is 10.9. The van der Waals surface area contributed by atoms with E-state index in [1.807, 2.05) is 0 Å². The number of halogens is 2. The van der Waals surface area contributed by atoms with Gasteiger partial charge in [-0.25, -0.2) is 4.39 Å². The predicted octanol–water partition coefficient (Wildman–Crippen LogP) is 3.73. The van der Waals surface area contributed by atoms with Crippen LogP contribution in [0, 0.1) is 5.82 Å². The van der Waals surface area contributed by atoms with Gasteiger partial charge in [-0.1, -0.05) is 29.9 Å². The van der Waals surface area contributed by atoms with E-state index in [1.54, 1.807) is 37.4 Å². The fraction of sp³-hybridized carbons (Fsp3) is 0.133. The van der Waals surface area contributed by atoms with Crippen LogP contribution in [0.2, 0.25) is 5.02 Å². The van der Waals surface area contributed by atoms with E-state index in [-0.39, 0.29) is 4.99 Å². The molecule has 6 heteroatoms. The minimum Gasteiger partial charge on any atom is -0.496 e. The molecule has 0 unspecified atom stereocenters. The zero-order chi connectivity index (χ0) is 15.4. The van der Waals surface area contributed by atoms with E-state index in [1.165, 1.54) is 6.07 Å². The SMILES string of the molecule is COc1cccc(Cl)c1CNc1ccc(C(N)=S)cc1F. The lowest BCUT2D eigenvalue weighted by molar-refractivity contribution is 0.410. The minimum absolute atomic E-state index is 0.160. The maximum absolute atomic E-state index is 14.0. The second kappa shape index (κ2) is 6.74. The van der Waals surface area contributed by atoms with Gasteiger partial charge in [-0.3, -0.25) is 0 Å². The first-order chi connectivity index (χ1) is 10.0. The van der Waals surface area contributed by atoms with Crippen molar-refractivity contribution in [1.29, 1.82) is 0 Å². The van der Waals surface area contributed by atoms with Gasteiger partial charge in [-0.05, 0) is 30.3 Å². The molecule has 0 saturated heterocycles. The van der Waals surface area contributed by atoms with E-state index >= 15 is 0 Å². The summed E-state index contributed by atoms with van der Waals surface area (Å²) in [6, 6.07) is 9.91. The molecule has 0 aliphatic carbocycles. The number of nitrogens with one attached hydrogen (secondary N) is 1. The van der Waals surface area contributed by atoms with Crippen molar-refractivity contribution < 1.29 is 9.13 Å². The molecule has 110 valence electrons. The van der Waals surface area contributed by atoms with Crippen LogP contribution in [0.1, 0.15) is 11.1 Å². The van der Waals surface area contributed by atoms with Gasteiger partial charge in [-0.2, -0.15) is 0 Å². The summed E-state index contributed by atoms with van der Waals surface area (Å²) < 4.78 is 19.2. The van der Waals surface area contributed by atoms with Gasteiger partial charge in [0.15, 0.2) is 0 Å².